The van der Waals surface area contributed by atoms with Gasteiger partial charge >= 0.3 is 0 Å². The number of allylic oxidation sites excluding steroid dienone is 1. The molecular weight excluding hydrogens is 579 g/mol. The summed E-state index contributed by atoms with van der Waals surface area (Å²) in [6.45, 7) is 2.34. The molecule has 2 heterocycles. The first kappa shape index (κ1) is 28.4. The molecule has 1 aliphatic rings. The summed E-state index contributed by atoms with van der Waals surface area (Å²) >= 11 is 2.77. The van der Waals surface area contributed by atoms with E-state index in [9.17, 15) is 14.7 Å². The number of fused-ring (bicyclic) bond motifs is 1. The Morgan fingerprint density at radius 1 is 1.00 bits per heavy atom. The van der Waals surface area contributed by atoms with Crippen LogP contribution in [0.5, 0.6) is 5.75 Å². The summed E-state index contributed by atoms with van der Waals surface area (Å²) in [5.74, 6) is -0.519. The fourth-order valence-corrected chi connectivity index (χ4v) is 6.92. The van der Waals surface area contributed by atoms with Gasteiger partial charge in [0.1, 0.15) is 5.75 Å². The molecule has 5 aromatic rings. The van der Waals surface area contributed by atoms with E-state index in [1.165, 1.54) is 50.4 Å². The van der Waals surface area contributed by atoms with Crippen molar-refractivity contribution in [2.45, 2.75) is 23.1 Å². The van der Waals surface area contributed by atoms with Crippen molar-refractivity contribution >= 4 is 56.8 Å². The molecule has 1 N–H and O–H groups in total. The van der Waals surface area contributed by atoms with Gasteiger partial charge in [-0.25, -0.2) is 0 Å². The van der Waals surface area contributed by atoms with Crippen molar-refractivity contribution in [3.05, 3.63) is 131 Å². The van der Waals surface area contributed by atoms with E-state index in [0.717, 1.165) is 5.56 Å². The Hall–Kier alpha value is -4.73. The highest BCUT2D eigenvalue weighted by molar-refractivity contribution is 8.00. The Morgan fingerprint density at radius 2 is 1.77 bits per heavy atom. The molecule has 4 aromatic carbocycles. The van der Waals surface area contributed by atoms with Crippen LogP contribution < -0.4 is 9.64 Å². The van der Waals surface area contributed by atoms with E-state index in [2.05, 4.69) is 34.5 Å². The van der Waals surface area contributed by atoms with Crippen molar-refractivity contribution < 1.29 is 19.4 Å². The summed E-state index contributed by atoms with van der Waals surface area (Å²) in [6.07, 6.45) is 3.04. The van der Waals surface area contributed by atoms with E-state index in [1.54, 1.807) is 24.3 Å². The SMILES string of the molecule is CCOc1cccc(C2C(C(=O)C=Cc3ccccc3)=C(O)C(=O)N2c2nnc(SCc3cccc4ccccc34)s2)c1. The third-order valence-corrected chi connectivity index (χ3v) is 9.12. The number of ether oxygens (including phenoxy) is 1. The number of rotatable bonds is 10. The fraction of sp³-hybridized carbons (Fsp3) is 0.118. The normalized spacial score (nSPS) is 15.1. The van der Waals surface area contributed by atoms with E-state index in [0.29, 0.717) is 33.1 Å². The molecule has 0 fully saturated rings. The van der Waals surface area contributed by atoms with Crippen molar-refractivity contribution in [2.24, 2.45) is 0 Å². The smallest absolute Gasteiger partial charge is 0.296 e. The van der Waals surface area contributed by atoms with E-state index in [1.807, 2.05) is 61.5 Å². The second-order valence-electron chi connectivity index (χ2n) is 9.73. The molecule has 0 spiro atoms. The Labute approximate surface area is 257 Å². The number of thioether (sulfide) groups is 1. The van der Waals surface area contributed by atoms with Crippen LogP contribution in [-0.4, -0.2) is 33.6 Å². The van der Waals surface area contributed by atoms with Crippen LogP contribution in [0.15, 0.2) is 119 Å². The van der Waals surface area contributed by atoms with Crippen molar-refractivity contribution in [2.75, 3.05) is 11.5 Å². The summed E-state index contributed by atoms with van der Waals surface area (Å²) in [5, 5.41) is 22.4. The lowest BCUT2D eigenvalue weighted by atomic mass is 9.95. The number of ketones is 1. The standard InChI is InChI=1S/C34H27N3O4S2/c1-2-41-26-16-9-14-24(20-26)30-29(28(38)19-18-22-10-4-3-5-11-22)31(39)32(40)37(30)33-35-36-34(43-33)42-21-25-15-8-13-23-12-6-7-17-27(23)25/h3-20,30,39H,2,21H2,1H3. The molecule has 1 unspecified atom stereocenters. The van der Waals surface area contributed by atoms with Crippen LogP contribution in [-0.2, 0) is 15.3 Å². The van der Waals surface area contributed by atoms with Crippen molar-refractivity contribution in [3.8, 4) is 5.75 Å². The third-order valence-electron chi connectivity index (χ3n) is 7.02. The molecule has 214 valence electrons. The largest absolute Gasteiger partial charge is 0.503 e. The molecule has 7 nitrogen and oxygen atoms in total. The van der Waals surface area contributed by atoms with Gasteiger partial charge in [0.05, 0.1) is 18.2 Å². The second kappa shape index (κ2) is 12.6. The predicted octanol–water partition coefficient (Wildman–Crippen LogP) is 7.56. The van der Waals surface area contributed by atoms with Crippen LogP contribution >= 0.6 is 23.1 Å². The van der Waals surface area contributed by atoms with Crippen LogP contribution in [0.1, 0.15) is 29.7 Å². The van der Waals surface area contributed by atoms with Gasteiger partial charge < -0.3 is 9.84 Å². The van der Waals surface area contributed by atoms with Gasteiger partial charge in [-0.3, -0.25) is 14.5 Å². The number of amides is 1. The molecule has 1 atom stereocenters. The maximum absolute atomic E-state index is 13.6. The highest BCUT2D eigenvalue weighted by atomic mass is 32.2. The summed E-state index contributed by atoms with van der Waals surface area (Å²) in [7, 11) is 0. The molecule has 0 bridgehead atoms. The number of aliphatic hydroxyl groups excluding tert-OH is 1. The van der Waals surface area contributed by atoms with Gasteiger partial charge in [0.2, 0.25) is 5.13 Å². The van der Waals surface area contributed by atoms with Crippen LogP contribution in [0.25, 0.3) is 16.8 Å². The minimum atomic E-state index is -0.912. The highest BCUT2D eigenvalue weighted by Crippen LogP contribution is 2.44. The van der Waals surface area contributed by atoms with Gasteiger partial charge in [-0.05, 0) is 52.6 Å². The zero-order valence-corrected chi connectivity index (χ0v) is 24.8. The van der Waals surface area contributed by atoms with Crippen molar-refractivity contribution in [1.82, 2.24) is 10.2 Å². The van der Waals surface area contributed by atoms with E-state index < -0.39 is 23.5 Å². The van der Waals surface area contributed by atoms with Gasteiger partial charge in [-0.1, -0.05) is 114 Å². The Bertz CT molecular complexity index is 1860. The monoisotopic (exact) mass is 605 g/mol. The van der Waals surface area contributed by atoms with Crippen LogP contribution in [0.4, 0.5) is 5.13 Å². The Morgan fingerprint density at radius 3 is 2.60 bits per heavy atom. The first-order chi connectivity index (χ1) is 21.0. The number of hydrogen-bond acceptors (Lipinski definition) is 8. The number of benzene rings is 4. The topological polar surface area (TPSA) is 92.6 Å². The zero-order chi connectivity index (χ0) is 29.8. The van der Waals surface area contributed by atoms with E-state index in [-0.39, 0.29) is 5.57 Å². The number of anilines is 1. The lowest BCUT2D eigenvalue weighted by Crippen LogP contribution is -2.30. The number of carbonyl (C=O) groups is 2. The number of carbonyl (C=O) groups excluding carboxylic acids is 2. The van der Waals surface area contributed by atoms with E-state index in [4.69, 9.17) is 4.74 Å². The molecular formula is C34H27N3O4S2. The molecule has 9 heteroatoms. The predicted molar refractivity (Wildman–Crippen MR) is 171 cm³/mol. The lowest BCUT2D eigenvalue weighted by molar-refractivity contribution is -0.117. The minimum Gasteiger partial charge on any atom is -0.503 e. The molecule has 1 aliphatic heterocycles. The maximum Gasteiger partial charge on any atom is 0.296 e. The summed E-state index contributed by atoms with van der Waals surface area (Å²) < 4.78 is 6.37. The first-order valence-corrected chi connectivity index (χ1v) is 15.5. The number of aliphatic hydroxyl groups is 1. The summed E-state index contributed by atoms with van der Waals surface area (Å²) in [6, 6.07) is 30.1. The second-order valence-corrected chi connectivity index (χ2v) is 11.9. The van der Waals surface area contributed by atoms with Gasteiger partial charge in [-0.15, -0.1) is 10.2 Å². The maximum atomic E-state index is 13.6. The third kappa shape index (κ3) is 5.95. The average molecular weight is 606 g/mol. The van der Waals surface area contributed by atoms with Crippen LogP contribution in [0, 0.1) is 0 Å². The zero-order valence-electron chi connectivity index (χ0n) is 23.2. The van der Waals surface area contributed by atoms with Gasteiger partial charge in [0.25, 0.3) is 5.91 Å². The average Bonchev–Trinajstić information content (AvgIpc) is 3.61. The van der Waals surface area contributed by atoms with Crippen molar-refractivity contribution in [3.63, 3.8) is 0 Å². The first-order valence-electron chi connectivity index (χ1n) is 13.7. The van der Waals surface area contributed by atoms with Crippen LogP contribution in [0.2, 0.25) is 0 Å². The summed E-state index contributed by atoms with van der Waals surface area (Å²) in [5.41, 5.74) is 2.58. The molecule has 1 aromatic heterocycles. The Kier molecular flexibility index (Phi) is 8.35. The number of hydrogen-bond donors (Lipinski definition) is 1. The fourth-order valence-electron chi connectivity index (χ4n) is 5.05. The molecule has 0 saturated carbocycles. The molecule has 1 amide bonds. The lowest BCUT2D eigenvalue weighted by Gasteiger charge is -2.24. The molecule has 0 aliphatic carbocycles. The van der Waals surface area contributed by atoms with Gasteiger partial charge in [0.15, 0.2) is 15.9 Å². The molecule has 0 radical (unpaired) electrons. The quantitative estimate of drug-likeness (QED) is 0.0997. The highest BCUT2D eigenvalue weighted by Gasteiger charge is 2.45. The van der Waals surface area contributed by atoms with E-state index >= 15 is 0 Å². The summed E-state index contributed by atoms with van der Waals surface area (Å²) in [4.78, 5) is 28.5. The van der Waals surface area contributed by atoms with Crippen molar-refractivity contribution in [1.29, 1.82) is 0 Å². The minimum absolute atomic E-state index is 0.0222. The molecule has 43 heavy (non-hydrogen) atoms. The van der Waals surface area contributed by atoms with Gasteiger partial charge in [0, 0.05) is 5.75 Å². The molecule has 6 rings (SSSR count). The van der Waals surface area contributed by atoms with Gasteiger partial charge in [-0.2, -0.15) is 0 Å². The molecule has 0 saturated heterocycles. The number of aromatic nitrogens is 2. The number of nitrogens with zero attached hydrogens (tertiary/aromatic N) is 3. The Balaban J connectivity index is 1.32. The van der Waals surface area contributed by atoms with Crippen LogP contribution in [0.3, 0.4) is 0 Å².